The molecule has 1 aromatic heterocycles. The van der Waals surface area contributed by atoms with Gasteiger partial charge in [0.25, 0.3) is 0 Å². The number of nitrogens with zero attached hydrogens (tertiary/aromatic N) is 1. The summed E-state index contributed by atoms with van der Waals surface area (Å²) in [5.41, 5.74) is 1.91. The molecule has 1 aliphatic heterocycles. The summed E-state index contributed by atoms with van der Waals surface area (Å²) in [6.07, 6.45) is 2.20. The van der Waals surface area contributed by atoms with E-state index in [0.29, 0.717) is 42.1 Å². The lowest BCUT2D eigenvalue weighted by molar-refractivity contribution is -0.131. The Labute approximate surface area is 154 Å². The Morgan fingerprint density at radius 1 is 1.27 bits per heavy atom. The molecule has 1 atom stereocenters. The molecule has 1 aromatic rings. The molecule has 0 unspecified atom stereocenters. The van der Waals surface area contributed by atoms with Gasteiger partial charge in [0.1, 0.15) is 5.69 Å². The molecule has 7 nitrogen and oxygen atoms in total. The fraction of sp³-hybridized carbons (Fsp3) is 0.632. The van der Waals surface area contributed by atoms with Gasteiger partial charge in [-0.15, -0.1) is 0 Å². The molecule has 0 spiro atoms. The molecular formula is C19H28N2O5. The smallest absolute Gasteiger partial charge is 0.355 e. The van der Waals surface area contributed by atoms with Gasteiger partial charge in [-0.2, -0.15) is 0 Å². The van der Waals surface area contributed by atoms with Crippen LogP contribution >= 0.6 is 0 Å². The molecule has 0 radical (unpaired) electrons. The van der Waals surface area contributed by atoms with Crippen LogP contribution in [0.15, 0.2) is 0 Å². The number of aromatic amines is 1. The molecular weight excluding hydrogens is 336 g/mol. The Morgan fingerprint density at radius 3 is 2.58 bits per heavy atom. The van der Waals surface area contributed by atoms with Crippen LogP contribution < -0.4 is 0 Å². The van der Waals surface area contributed by atoms with Gasteiger partial charge in [0, 0.05) is 30.8 Å². The van der Waals surface area contributed by atoms with Crippen LogP contribution in [-0.2, 0) is 14.3 Å². The summed E-state index contributed by atoms with van der Waals surface area (Å²) < 4.78 is 10.6. The molecule has 1 saturated heterocycles. The lowest BCUT2D eigenvalue weighted by Crippen LogP contribution is -2.40. The second-order valence-corrected chi connectivity index (χ2v) is 6.53. The number of carbonyl (C=O) groups excluding carboxylic acids is 3. The van der Waals surface area contributed by atoms with E-state index in [-0.39, 0.29) is 30.9 Å². The number of aryl methyl sites for hydroxylation is 1. The molecule has 1 fully saturated rings. The summed E-state index contributed by atoms with van der Waals surface area (Å²) in [4.78, 5) is 41.7. The Balaban J connectivity index is 2.17. The van der Waals surface area contributed by atoms with Gasteiger partial charge in [0.15, 0.2) is 5.78 Å². The number of amides is 1. The number of aromatic nitrogens is 1. The average molecular weight is 364 g/mol. The van der Waals surface area contributed by atoms with Crippen molar-refractivity contribution < 1.29 is 23.9 Å². The van der Waals surface area contributed by atoms with E-state index in [9.17, 15) is 14.4 Å². The Kier molecular flexibility index (Phi) is 6.97. The summed E-state index contributed by atoms with van der Waals surface area (Å²) in [5.74, 6) is -0.745. The van der Waals surface area contributed by atoms with Gasteiger partial charge in [-0.25, -0.2) is 4.79 Å². The zero-order valence-electron chi connectivity index (χ0n) is 16.0. The number of hydrogen-bond donors (Lipinski definition) is 1. The van der Waals surface area contributed by atoms with E-state index in [1.54, 1.807) is 32.6 Å². The van der Waals surface area contributed by atoms with Crippen LogP contribution in [0.5, 0.6) is 0 Å². The molecule has 26 heavy (non-hydrogen) atoms. The summed E-state index contributed by atoms with van der Waals surface area (Å²) in [6, 6.07) is 0. The van der Waals surface area contributed by atoms with Gasteiger partial charge < -0.3 is 19.4 Å². The normalized spacial score (nSPS) is 16.5. The number of ketones is 1. The van der Waals surface area contributed by atoms with Crippen molar-refractivity contribution in [2.45, 2.75) is 53.1 Å². The largest absolute Gasteiger partial charge is 0.461 e. The maximum atomic E-state index is 12.9. The zero-order chi connectivity index (χ0) is 19.3. The van der Waals surface area contributed by atoms with E-state index >= 15 is 0 Å². The van der Waals surface area contributed by atoms with Crippen molar-refractivity contribution in [3.05, 3.63) is 22.5 Å². The number of hydrogen-bond acceptors (Lipinski definition) is 5. The second-order valence-electron chi connectivity index (χ2n) is 6.53. The standard InChI is InChI=1S/C19H28N2O5/c1-5-16(23)21(10-14-8-7-9-26-14)11-15(22)17-12(3)18(20-13(17)4)19(24)25-6-2/h14,20H,5-11H2,1-4H3/t14-/m0/s1. The minimum absolute atomic E-state index is 0.0122. The Morgan fingerprint density at radius 2 is 2.00 bits per heavy atom. The topological polar surface area (TPSA) is 88.7 Å². The first-order valence-corrected chi connectivity index (χ1v) is 9.17. The lowest BCUT2D eigenvalue weighted by atomic mass is 10.0. The highest BCUT2D eigenvalue weighted by atomic mass is 16.5. The first-order chi connectivity index (χ1) is 12.4. The van der Waals surface area contributed by atoms with Crippen molar-refractivity contribution in [2.75, 3.05) is 26.3 Å². The Hall–Kier alpha value is -2.15. The molecule has 2 heterocycles. The maximum absolute atomic E-state index is 12.9. The number of Topliss-reactive ketones (excluding diaryl/α,β-unsaturated/α-hetero) is 1. The van der Waals surface area contributed by atoms with Crippen molar-refractivity contribution in [1.82, 2.24) is 9.88 Å². The van der Waals surface area contributed by atoms with Crippen LogP contribution in [0.3, 0.4) is 0 Å². The highest BCUT2D eigenvalue weighted by Gasteiger charge is 2.27. The quantitative estimate of drug-likeness (QED) is 0.565. The number of esters is 1. The molecule has 1 amide bonds. The zero-order valence-corrected chi connectivity index (χ0v) is 16.0. The molecule has 1 aliphatic rings. The van der Waals surface area contributed by atoms with Gasteiger partial charge in [-0.3, -0.25) is 9.59 Å². The number of rotatable bonds is 8. The SMILES string of the molecule is CCOC(=O)c1[nH]c(C)c(C(=O)CN(C[C@@H]2CCCO2)C(=O)CC)c1C. The highest BCUT2D eigenvalue weighted by Crippen LogP contribution is 2.21. The van der Waals surface area contributed by atoms with Gasteiger partial charge in [-0.05, 0) is 39.2 Å². The van der Waals surface area contributed by atoms with Gasteiger partial charge >= 0.3 is 5.97 Å². The first kappa shape index (κ1) is 20.2. The summed E-state index contributed by atoms with van der Waals surface area (Å²) in [7, 11) is 0. The van der Waals surface area contributed by atoms with Crippen LogP contribution in [0.25, 0.3) is 0 Å². The predicted octanol–water partition coefficient (Wildman–Crippen LogP) is 2.41. The van der Waals surface area contributed by atoms with Crippen LogP contribution in [0.2, 0.25) is 0 Å². The summed E-state index contributed by atoms with van der Waals surface area (Å²) in [6.45, 7) is 8.34. The molecule has 0 bridgehead atoms. The van der Waals surface area contributed by atoms with Gasteiger partial charge in [-0.1, -0.05) is 6.92 Å². The van der Waals surface area contributed by atoms with Crippen molar-refractivity contribution in [2.24, 2.45) is 0 Å². The van der Waals surface area contributed by atoms with Gasteiger partial charge in [0.2, 0.25) is 5.91 Å². The fourth-order valence-electron chi connectivity index (χ4n) is 3.34. The van der Waals surface area contributed by atoms with E-state index in [4.69, 9.17) is 9.47 Å². The van der Waals surface area contributed by atoms with E-state index in [2.05, 4.69) is 4.98 Å². The molecule has 0 aliphatic carbocycles. The van der Waals surface area contributed by atoms with Crippen LogP contribution in [0.1, 0.15) is 65.2 Å². The number of nitrogens with one attached hydrogen (secondary N) is 1. The first-order valence-electron chi connectivity index (χ1n) is 9.17. The summed E-state index contributed by atoms with van der Waals surface area (Å²) in [5, 5.41) is 0. The minimum Gasteiger partial charge on any atom is -0.461 e. The van der Waals surface area contributed by atoms with E-state index in [0.717, 1.165) is 12.8 Å². The minimum atomic E-state index is -0.479. The van der Waals surface area contributed by atoms with Crippen molar-refractivity contribution in [3.8, 4) is 0 Å². The van der Waals surface area contributed by atoms with Gasteiger partial charge in [0.05, 0.1) is 19.3 Å². The van der Waals surface area contributed by atoms with Crippen molar-refractivity contribution in [1.29, 1.82) is 0 Å². The fourth-order valence-corrected chi connectivity index (χ4v) is 3.34. The second kappa shape index (κ2) is 8.98. The van der Waals surface area contributed by atoms with E-state index in [1.165, 1.54) is 0 Å². The molecule has 0 saturated carbocycles. The molecule has 7 heteroatoms. The van der Waals surface area contributed by atoms with Crippen LogP contribution in [-0.4, -0.2) is 60.0 Å². The van der Waals surface area contributed by atoms with E-state index in [1.807, 2.05) is 0 Å². The van der Waals surface area contributed by atoms with Crippen molar-refractivity contribution in [3.63, 3.8) is 0 Å². The number of ether oxygens (including phenoxy) is 2. The summed E-state index contributed by atoms with van der Waals surface area (Å²) >= 11 is 0. The maximum Gasteiger partial charge on any atom is 0.355 e. The average Bonchev–Trinajstić information content (AvgIpc) is 3.21. The predicted molar refractivity (Wildman–Crippen MR) is 96.4 cm³/mol. The highest BCUT2D eigenvalue weighted by molar-refractivity contribution is 6.04. The molecule has 2 rings (SSSR count). The van der Waals surface area contributed by atoms with Crippen LogP contribution in [0, 0.1) is 13.8 Å². The van der Waals surface area contributed by atoms with Crippen molar-refractivity contribution >= 4 is 17.7 Å². The molecule has 144 valence electrons. The molecule has 0 aromatic carbocycles. The third kappa shape index (κ3) is 4.52. The number of H-pyrrole nitrogens is 1. The van der Waals surface area contributed by atoms with Crippen LogP contribution in [0.4, 0.5) is 0 Å². The monoisotopic (exact) mass is 364 g/mol. The third-order valence-corrected chi connectivity index (χ3v) is 4.63. The third-order valence-electron chi connectivity index (χ3n) is 4.63. The Bertz CT molecular complexity index is 674. The lowest BCUT2D eigenvalue weighted by Gasteiger charge is -2.24. The van der Waals surface area contributed by atoms with E-state index < -0.39 is 5.97 Å². The number of carbonyl (C=O) groups is 3. The molecule has 1 N–H and O–H groups in total.